The molecule has 25 heavy (non-hydrogen) atoms. The molecule has 0 aliphatic rings. The number of likely N-dealkylation sites (N-methyl/N-ethyl adjacent to an activating group) is 1. The maximum Gasteiger partial charge on any atom is 0.224 e. The number of carbonyl (C=O) groups excluding carboxylic acids is 1. The number of amides is 1. The van der Waals surface area contributed by atoms with E-state index in [-0.39, 0.29) is 23.5 Å². The van der Waals surface area contributed by atoms with Crippen LogP contribution in [0, 0.1) is 0 Å². The molecule has 2 aromatic rings. The van der Waals surface area contributed by atoms with Gasteiger partial charge in [-0.2, -0.15) is 0 Å². The van der Waals surface area contributed by atoms with E-state index in [0.29, 0.717) is 10.5 Å². The molecule has 0 saturated heterocycles. The smallest absolute Gasteiger partial charge is 0.224 e. The van der Waals surface area contributed by atoms with Gasteiger partial charge in [0.05, 0.1) is 17.1 Å². The van der Waals surface area contributed by atoms with Crippen molar-refractivity contribution >= 4 is 15.7 Å². The number of hydrogen-bond acceptors (Lipinski definition) is 3. The predicted molar refractivity (Wildman–Crippen MR) is 100 cm³/mol. The topological polar surface area (TPSA) is 63.2 Å². The molecule has 4 nitrogen and oxygen atoms in total. The molecule has 0 aliphatic carbocycles. The zero-order valence-corrected chi connectivity index (χ0v) is 16.0. The summed E-state index contributed by atoms with van der Waals surface area (Å²) < 4.78 is 25.2. The Bertz CT molecular complexity index is 830. The van der Waals surface area contributed by atoms with Crippen LogP contribution in [-0.4, -0.2) is 21.4 Å². The fourth-order valence-electron chi connectivity index (χ4n) is 2.49. The maximum atomic E-state index is 12.6. The second-order valence-corrected chi connectivity index (χ2v) is 9.19. The Morgan fingerprint density at radius 2 is 1.44 bits per heavy atom. The quantitative estimate of drug-likeness (QED) is 0.891. The highest BCUT2D eigenvalue weighted by molar-refractivity contribution is 7.90. The van der Waals surface area contributed by atoms with Crippen LogP contribution in [0.5, 0.6) is 0 Å². The fourth-order valence-corrected chi connectivity index (χ4v) is 3.84. The van der Waals surface area contributed by atoms with Gasteiger partial charge in [-0.1, -0.05) is 57.2 Å². The molecule has 5 heteroatoms. The second-order valence-electron chi connectivity index (χ2n) is 7.20. The van der Waals surface area contributed by atoms with Gasteiger partial charge < -0.3 is 5.32 Å². The molecule has 2 aromatic carbocycles. The molecule has 134 valence electrons. The maximum absolute atomic E-state index is 12.6. The third-order valence-electron chi connectivity index (χ3n) is 4.10. The molecular weight excluding hydrogens is 334 g/mol. The van der Waals surface area contributed by atoms with Gasteiger partial charge in [-0.3, -0.25) is 4.79 Å². The van der Waals surface area contributed by atoms with Crippen LogP contribution in [-0.2, 0) is 32.2 Å². The van der Waals surface area contributed by atoms with Crippen LogP contribution < -0.4 is 5.32 Å². The van der Waals surface area contributed by atoms with Gasteiger partial charge in [-0.05, 0) is 34.2 Å². The molecule has 0 unspecified atom stereocenters. The molecule has 0 aromatic heterocycles. The van der Waals surface area contributed by atoms with Crippen molar-refractivity contribution in [3.05, 3.63) is 65.2 Å². The average molecular weight is 359 g/mol. The van der Waals surface area contributed by atoms with E-state index >= 15 is 0 Å². The molecule has 0 aliphatic heterocycles. The monoisotopic (exact) mass is 359 g/mol. The van der Waals surface area contributed by atoms with Crippen LogP contribution in [0.2, 0.25) is 0 Å². The van der Waals surface area contributed by atoms with Crippen molar-refractivity contribution in [2.45, 2.75) is 43.3 Å². The number of sulfone groups is 1. The molecule has 0 bridgehead atoms. The highest BCUT2D eigenvalue weighted by atomic mass is 32.2. The average Bonchev–Trinajstić information content (AvgIpc) is 2.55. The van der Waals surface area contributed by atoms with Crippen LogP contribution in [0.15, 0.2) is 53.4 Å². The highest BCUT2D eigenvalue weighted by Gasteiger charge is 2.18. The van der Waals surface area contributed by atoms with Crippen molar-refractivity contribution in [2.24, 2.45) is 0 Å². The lowest BCUT2D eigenvalue weighted by Crippen LogP contribution is -2.19. The highest BCUT2D eigenvalue weighted by Crippen LogP contribution is 2.24. The second kappa shape index (κ2) is 7.40. The summed E-state index contributed by atoms with van der Waals surface area (Å²) in [6, 6.07) is 14.2. The Kier molecular flexibility index (Phi) is 5.68. The van der Waals surface area contributed by atoms with Crippen molar-refractivity contribution in [1.82, 2.24) is 5.32 Å². The van der Waals surface area contributed by atoms with E-state index in [1.54, 1.807) is 43.4 Å². The lowest BCUT2D eigenvalue weighted by Gasteiger charge is -2.19. The van der Waals surface area contributed by atoms with Crippen LogP contribution in [0.25, 0.3) is 0 Å². The van der Waals surface area contributed by atoms with Gasteiger partial charge in [0.2, 0.25) is 5.91 Å². The molecule has 2 rings (SSSR count). The van der Waals surface area contributed by atoms with Crippen molar-refractivity contribution in [1.29, 1.82) is 0 Å². The summed E-state index contributed by atoms with van der Waals surface area (Å²) in [5.74, 6) is -0.124. The zero-order valence-electron chi connectivity index (χ0n) is 15.2. The van der Waals surface area contributed by atoms with Gasteiger partial charge in [0, 0.05) is 7.05 Å². The summed E-state index contributed by atoms with van der Waals surface area (Å²) in [5, 5.41) is 2.57. The third kappa shape index (κ3) is 5.16. The summed E-state index contributed by atoms with van der Waals surface area (Å²) in [7, 11) is -1.80. The molecule has 0 spiro atoms. The lowest BCUT2D eigenvalue weighted by atomic mass is 9.87. The van der Waals surface area contributed by atoms with Crippen LogP contribution in [0.1, 0.15) is 37.5 Å². The molecule has 0 fully saturated rings. The van der Waals surface area contributed by atoms with Crippen LogP contribution in [0.3, 0.4) is 0 Å². The van der Waals surface area contributed by atoms with Crippen molar-refractivity contribution in [2.75, 3.05) is 7.05 Å². The Labute approximate surface area is 150 Å². The summed E-state index contributed by atoms with van der Waals surface area (Å²) in [6.07, 6.45) is 0.289. The van der Waals surface area contributed by atoms with Gasteiger partial charge in [0.15, 0.2) is 9.84 Å². The Balaban J connectivity index is 2.14. The first kappa shape index (κ1) is 19.2. The van der Waals surface area contributed by atoms with E-state index in [4.69, 9.17) is 0 Å². The van der Waals surface area contributed by atoms with Gasteiger partial charge in [-0.15, -0.1) is 0 Å². The van der Waals surface area contributed by atoms with Gasteiger partial charge in [-0.25, -0.2) is 8.42 Å². The summed E-state index contributed by atoms with van der Waals surface area (Å²) in [6.45, 7) is 6.28. The number of rotatable bonds is 5. The normalized spacial score (nSPS) is 12.0. The number of nitrogens with one attached hydrogen (secondary N) is 1. The van der Waals surface area contributed by atoms with Gasteiger partial charge in [0.25, 0.3) is 0 Å². The lowest BCUT2D eigenvalue weighted by molar-refractivity contribution is -0.119. The summed E-state index contributed by atoms with van der Waals surface area (Å²) in [4.78, 5) is 11.7. The minimum Gasteiger partial charge on any atom is -0.359 e. The minimum absolute atomic E-state index is 0.0110. The van der Waals surface area contributed by atoms with Gasteiger partial charge in [0.1, 0.15) is 0 Å². The van der Waals surface area contributed by atoms with Crippen molar-refractivity contribution in [3.8, 4) is 0 Å². The molecule has 0 saturated carbocycles. The van der Waals surface area contributed by atoms with Crippen molar-refractivity contribution in [3.63, 3.8) is 0 Å². The van der Waals surface area contributed by atoms with Gasteiger partial charge >= 0.3 is 0 Å². The molecule has 0 heterocycles. The molecule has 0 atom stereocenters. The van der Waals surface area contributed by atoms with E-state index in [9.17, 15) is 13.2 Å². The SMILES string of the molecule is CNC(=O)Cc1ccc(CS(=O)(=O)c2ccc(C(C)(C)C)cc2)cc1. The summed E-state index contributed by atoms with van der Waals surface area (Å²) in [5.41, 5.74) is 2.66. The molecular formula is C20H25NO3S. The van der Waals surface area contributed by atoms with E-state index in [0.717, 1.165) is 11.1 Å². The first-order chi connectivity index (χ1) is 11.6. The number of benzene rings is 2. The summed E-state index contributed by atoms with van der Waals surface area (Å²) >= 11 is 0. The first-order valence-corrected chi connectivity index (χ1v) is 9.89. The Morgan fingerprint density at radius 1 is 0.920 bits per heavy atom. The largest absolute Gasteiger partial charge is 0.359 e. The number of hydrogen-bond donors (Lipinski definition) is 1. The van der Waals surface area contributed by atoms with E-state index in [1.165, 1.54) is 0 Å². The van der Waals surface area contributed by atoms with Crippen LogP contribution >= 0.6 is 0 Å². The Morgan fingerprint density at radius 3 is 1.92 bits per heavy atom. The van der Waals surface area contributed by atoms with E-state index in [2.05, 4.69) is 26.1 Å². The minimum atomic E-state index is -3.40. The van der Waals surface area contributed by atoms with Crippen LogP contribution in [0.4, 0.5) is 0 Å². The standard InChI is InChI=1S/C20H25NO3S/c1-20(2,3)17-9-11-18(12-10-17)25(23,24)14-16-7-5-15(6-8-16)13-19(22)21-4/h5-12H,13-14H2,1-4H3,(H,21,22). The molecule has 0 radical (unpaired) electrons. The number of carbonyl (C=O) groups is 1. The van der Waals surface area contributed by atoms with E-state index < -0.39 is 9.84 Å². The third-order valence-corrected chi connectivity index (χ3v) is 5.81. The molecule has 1 N–H and O–H groups in total. The fraction of sp³-hybridized carbons (Fsp3) is 0.350. The Hall–Kier alpha value is -2.14. The zero-order chi connectivity index (χ0) is 18.7. The molecule has 1 amide bonds. The van der Waals surface area contributed by atoms with E-state index in [1.807, 2.05) is 12.1 Å². The van der Waals surface area contributed by atoms with Crippen molar-refractivity contribution < 1.29 is 13.2 Å². The predicted octanol–water partition coefficient (Wildman–Crippen LogP) is 3.25. The first-order valence-electron chi connectivity index (χ1n) is 8.23.